The average molecular weight is 121 g/mol. The molecule has 0 atom stereocenters. The van der Waals surface area contributed by atoms with Crippen LogP contribution in [0.25, 0.3) is 0 Å². The van der Waals surface area contributed by atoms with Crippen molar-refractivity contribution in [3.05, 3.63) is 12.2 Å². The monoisotopic (exact) mass is 120 g/mol. The number of halogens is 1. The molecule has 0 amide bonds. The number of hydrogen-bond donors (Lipinski definition) is 0. The molecule has 0 aromatic carbocycles. The third-order valence-electron chi connectivity index (χ3n) is 0.519. The minimum absolute atomic E-state index is 0.573. The van der Waals surface area contributed by atoms with E-state index in [1.807, 2.05) is 12.2 Å². The van der Waals surface area contributed by atoms with E-state index in [1.165, 1.54) is 0 Å². The van der Waals surface area contributed by atoms with E-state index in [4.69, 9.17) is 16.3 Å². The van der Waals surface area contributed by atoms with E-state index in [0.29, 0.717) is 12.5 Å². The Kier molecular flexibility index (Phi) is 5.98. The molecule has 0 saturated heterocycles. The molecule has 7 heavy (non-hydrogen) atoms. The van der Waals surface area contributed by atoms with E-state index in [-0.39, 0.29) is 0 Å². The summed E-state index contributed by atoms with van der Waals surface area (Å²) in [5, 5.41) is 0. The maximum absolute atomic E-state index is 5.29. The van der Waals surface area contributed by atoms with E-state index in [0.717, 1.165) is 0 Å². The fraction of sp³-hybridized carbons (Fsp3) is 0.600. The molecule has 0 aliphatic heterocycles. The molecule has 1 nitrogen and oxygen atoms in total. The minimum Gasteiger partial charge on any atom is -0.381 e. The van der Waals surface area contributed by atoms with Crippen LogP contribution in [0.4, 0.5) is 0 Å². The van der Waals surface area contributed by atoms with E-state index in [1.54, 1.807) is 7.11 Å². The zero-order valence-electron chi connectivity index (χ0n) is 4.36. The predicted octanol–water partition coefficient (Wildman–Crippen LogP) is 1.43. The van der Waals surface area contributed by atoms with Gasteiger partial charge in [0.25, 0.3) is 0 Å². The van der Waals surface area contributed by atoms with Gasteiger partial charge in [-0.05, 0) is 0 Å². The van der Waals surface area contributed by atoms with Gasteiger partial charge in [-0.3, -0.25) is 0 Å². The molecule has 42 valence electrons. The summed E-state index contributed by atoms with van der Waals surface area (Å²) in [6, 6.07) is 0. The minimum atomic E-state index is 0.573. The van der Waals surface area contributed by atoms with Gasteiger partial charge in [0.1, 0.15) is 0 Å². The summed E-state index contributed by atoms with van der Waals surface area (Å²) in [6.45, 7) is 0.659. The van der Waals surface area contributed by atoms with Gasteiger partial charge in [0, 0.05) is 13.0 Å². The second-order valence-corrected chi connectivity index (χ2v) is 1.39. The maximum Gasteiger partial charge on any atom is 0.0644 e. The van der Waals surface area contributed by atoms with Crippen LogP contribution < -0.4 is 0 Å². The van der Waals surface area contributed by atoms with Crippen LogP contribution in [0.1, 0.15) is 0 Å². The Hall–Kier alpha value is -0.0100. The van der Waals surface area contributed by atoms with Crippen molar-refractivity contribution in [2.45, 2.75) is 0 Å². The second-order valence-electron chi connectivity index (χ2n) is 1.08. The molecule has 0 aliphatic rings. The number of allylic oxidation sites excluding steroid dienone is 1. The van der Waals surface area contributed by atoms with Crippen molar-refractivity contribution in [3.8, 4) is 0 Å². The molecule has 0 aliphatic carbocycles. The highest BCUT2D eigenvalue weighted by atomic mass is 35.5. The number of ether oxygens (including phenoxy) is 1. The number of hydrogen-bond acceptors (Lipinski definition) is 1. The molecule has 0 unspecified atom stereocenters. The highest BCUT2D eigenvalue weighted by Crippen LogP contribution is 1.77. The van der Waals surface area contributed by atoms with E-state index in [9.17, 15) is 0 Å². The zero-order valence-corrected chi connectivity index (χ0v) is 5.11. The molecule has 0 bridgehead atoms. The van der Waals surface area contributed by atoms with E-state index < -0.39 is 0 Å². The topological polar surface area (TPSA) is 9.23 Å². The van der Waals surface area contributed by atoms with Crippen LogP contribution in [0, 0.1) is 0 Å². The summed E-state index contributed by atoms with van der Waals surface area (Å²) in [5.74, 6) is 0.573. The second kappa shape index (κ2) is 5.99. The fourth-order valence-corrected chi connectivity index (χ4v) is 0.353. The molecular formula is C5H9ClO. The molecule has 0 aromatic heterocycles. The number of methoxy groups -OCH3 is 1. The summed E-state index contributed by atoms with van der Waals surface area (Å²) in [4.78, 5) is 0. The summed E-state index contributed by atoms with van der Waals surface area (Å²) in [5.41, 5.74) is 0. The molecule has 0 radical (unpaired) electrons. The lowest BCUT2D eigenvalue weighted by Gasteiger charge is -1.83. The van der Waals surface area contributed by atoms with Crippen molar-refractivity contribution >= 4 is 11.6 Å². The first-order valence-corrected chi connectivity index (χ1v) is 2.65. The Balaban J connectivity index is 2.78. The zero-order chi connectivity index (χ0) is 5.54. The highest BCUT2D eigenvalue weighted by Gasteiger charge is 1.67. The van der Waals surface area contributed by atoms with Gasteiger partial charge in [0.05, 0.1) is 6.61 Å². The van der Waals surface area contributed by atoms with Crippen molar-refractivity contribution in [2.75, 3.05) is 19.6 Å². The molecule has 2 heteroatoms. The fourth-order valence-electron chi connectivity index (χ4n) is 0.227. The van der Waals surface area contributed by atoms with Gasteiger partial charge >= 0.3 is 0 Å². The van der Waals surface area contributed by atoms with Gasteiger partial charge in [-0.2, -0.15) is 0 Å². The largest absolute Gasteiger partial charge is 0.381 e. The summed E-state index contributed by atoms with van der Waals surface area (Å²) in [6.07, 6.45) is 3.73. The highest BCUT2D eigenvalue weighted by molar-refractivity contribution is 6.18. The Morgan fingerprint density at radius 1 is 1.57 bits per heavy atom. The van der Waals surface area contributed by atoms with Crippen molar-refractivity contribution in [1.29, 1.82) is 0 Å². The van der Waals surface area contributed by atoms with Crippen LogP contribution in [-0.2, 0) is 4.74 Å². The van der Waals surface area contributed by atoms with Gasteiger partial charge in [0.15, 0.2) is 0 Å². The molecule has 0 fully saturated rings. The van der Waals surface area contributed by atoms with Gasteiger partial charge < -0.3 is 4.74 Å². The summed E-state index contributed by atoms with van der Waals surface area (Å²) in [7, 11) is 1.65. The van der Waals surface area contributed by atoms with Crippen LogP contribution in [-0.4, -0.2) is 19.6 Å². The Morgan fingerprint density at radius 2 is 2.29 bits per heavy atom. The average Bonchev–Trinajstić information content (AvgIpc) is 1.69. The summed E-state index contributed by atoms with van der Waals surface area (Å²) >= 11 is 5.29. The standard InChI is InChI=1S/C5H9ClO/c1-7-5-3-2-4-6/h2-3H,4-5H2,1H3. The summed E-state index contributed by atoms with van der Waals surface area (Å²) < 4.78 is 4.70. The molecule has 0 heterocycles. The predicted molar refractivity (Wildman–Crippen MR) is 31.7 cm³/mol. The van der Waals surface area contributed by atoms with Crippen molar-refractivity contribution in [3.63, 3.8) is 0 Å². The quantitative estimate of drug-likeness (QED) is 0.405. The van der Waals surface area contributed by atoms with Crippen molar-refractivity contribution in [1.82, 2.24) is 0 Å². The molecular weight excluding hydrogens is 112 g/mol. The Labute approximate surface area is 48.9 Å². The third kappa shape index (κ3) is 5.99. The normalized spacial score (nSPS) is 10.6. The number of rotatable bonds is 3. The molecule has 0 saturated carbocycles. The Morgan fingerprint density at radius 3 is 2.71 bits per heavy atom. The van der Waals surface area contributed by atoms with Gasteiger partial charge in [-0.25, -0.2) is 0 Å². The van der Waals surface area contributed by atoms with Crippen LogP contribution in [0.2, 0.25) is 0 Å². The Bertz CT molecular complexity index is 52.0. The van der Waals surface area contributed by atoms with E-state index in [2.05, 4.69) is 0 Å². The van der Waals surface area contributed by atoms with Gasteiger partial charge in [-0.15, -0.1) is 11.6 Å². The lowest BCUT2D eigenvalue weighted by atomic mass is 10.6. The lowest BCUT2D eigenvalue weighted by Crippen LogP contribution is -1.79. The van der Waals surface area contributed by atoms with Gasteiger partial charge in [0.2, 0.25) is 0 Å². The van der Waals surface area contributed by atoms with Crippen molar-refractivity contribution < 1.29 is 4.74 Å². The van der Waals surface area contributed by atoms with Crippen LogP contribution >= 0.6 is 11.6 Å². The van der Waals surface area contributed by atoms with Crippen LogP contribution in [0.5, 0.6) is 0 Å². The molecule has 0 spiro atoms. The number of alkyl halides is 1. The molecule has 0 N–H and O–H groups in total. The molecule has 0 aromatic rings. The van der Waals surface area contributed by atoms with Gasteiger partial charge in [-0.1, -0.05) is 12.2 Å². The first-order chi connectivity index (χ1) is 3.41. The van der Waals surface area contributed by atoms with Crippen LogP contribution in [0.15, 0.2) is 12.2 Å². The first kappa shape index (κ1) is 6.99. The maximum atomic E-state index is 5.29. The SMILES string of the molecule is COCC=CCCl. The first-order valence-electron chi connectivity index (χ1n) is 2.11. The van der Waals surface area contributed by atoms with Crippen LogP contribution in [0.3, 0.4) is 0 Å². The third-order valence-corrected chi connectivity index (χ3v) is 0.697. The van der Waals surface area contributed by atoms with Crippen molar-refractivity contribution in [2.24, 2.45) is 0 Å². The van der Waals surface area contributed by atoms with E-state index >= 15 is 0 Å². The smallest absolute Gasteiger partial charge is 0.0644 e. The lowest BCUT2D eigenvalue weighted by molar-refractivity contribution is 0.234. The molecule has 0 rings (SSSR count).